The Balaban J connectivity index is 2.25. The second-order valence-corrected chi connectivity index (χ2v) is 5.12. The van der Waals surface area contributed by atoms with Crippen LogP contribution in [0.15, 0.2) is 5.16 Å². The van der Waals surface area contributed by atoms with Crippen molar-refractivity contribution in [1.29, 1.82) is 0 Å². The highest BCUT2D eigenvalue weighted by Crippen LogP contribution is 2.25. The molecule has 0 unspecified atom stereocenters. The van der Waals surface area contributed by atoms with Crippen LogP contribution in [0.2, 0.25) is 0 Å². The molecule has 2 heterocycles. The van der Waals surface area contributed by atoms with Crippen molar-refractivity contribution in [2.75, 3.05) is 5.75 Å². The molecule has 0 aliphatic rings. The van der Waals surface area contributed by atoms with E-state index in [-0.39, 0.29) is 5.75 Å². The first kappa shape index (κ1) is 13.0. The second-order valence-electron chi connectivity index (χ2n) is 3.43. The van der Waals surface area contributed by atoms with E-state index in [2.05, 4.69) is 19.7 Å². The van der Waals surface area contributed by atoms with Crippen LogP contribution in [0.5, 0.6) is 0 Å². The van der Waals surface area contributed by atoms with E-state index in [9.17, 15) is 4.79 Å². The monoisotopic (exact) mass is 285 g/mol. The van der Waals surface area contributed by atoms with Gasteiger partial charge in [0.1, 0.15) is 4.88 Å². The number of hydrogen-bond acceptors (Lipinski definition) is 7. The van der Waals surface area contributed by atoms with Crippen LogP contribution in [-0.2, 0) is 18.3 Å². The van der Waals surface area contributed by atoms with Crippen LogP contribution in [0.25, 0.3) is 10.7 Å². The molecular weight excluding hydrogens is 274 g/mol. The molecule has 0 aliphatic heterocycles. The third-order valence-electron chi connectivity index (χ3n) is 2.14. The van der Waals surface area contributed by atoms with Crippen LogP contribution >= 0.6 is 23.3 Å². The molecule has 1 N–H and O–H groups in total. The maximum atomic E-state index is 10.5. The molecule has 0 radical (unpaired) electrons. The second kappa shape index (κ2) is 5.44. The van der Waals surface area contributed by atoms with E-state index >= 15 is 0 Å². The fourth-order valence-corrected chi connectivity index (χ4v) is 2.64. The summed E-state index contributed by atoms with van der Waals surface area (Å²) >= 11 is 2.39. The number of aryl methyl sites for hydroxylation is 2. The average Bonchev–Trinajstić information content (AvgIpc) is 2.92. The molecule has 0 atom stereocenters. The SMILES string of the molecule is CCc1nnsc1-c1nc(SCC(=O)O)n(C)n1. The molecule has 0 aliphatic carbocycles. The highest BCUT2D eigenvalue weighted by Gasteiger charge is 2.16. The lowest BCUT2D eigenvalue weighted by atomic mass is 10.3. The smallest absolute Gasteiger partial charge is 0.313 e. The molecule has 2 aromatic rings. The number of rotatable bonds is 5. The summed E-state index contributed by atoms with van der Waals surface area (Å²) in [6, 6.07) is 0. The van der Waals surface area contributed by atoms with Gasteiger partial charge in [-0.2, -0.15) is 4.98 Å². The molecule has 96 valence electrons. The number of carbonyl (C=O) groups is 1. The lowest BCUT2D eigenvalue weighted by molar-refractivity contribution is -0.133. The standard InChI is InChI=1S/C9H11N5O2S2/c1-3-5-7(18-13-11-5)8-10-9(14(2)12-8)17-4-6(15)16/h3-4H2,1-2H3,(H,15,16). The van der Waals surface area contributed by atoms with Crippen LogP contribution in [0.3, 0.4) is 0 Å². The third kappa shape index (κ3) is 2.67. The first-order chi connectivity index (χ1) is 8.61. The molecule has 7 nitrogen and oxygen atoms in total. The maximum absolute atomic E-state index is 10.5. The predicted octanol–water partition coefficient (Wildman–Crippen LogP) is 1.07. The Labute approximate surface area is 111 Å². The minimum atomic E-state index is -0.877. The largest absolute Gasteiger partial charge is 0.481 e. The van der Waals surface area contributed by atoms with E-state index in [1.807, 2.05) is 6.92 Å². The summed E-state index contributed by atoms with van der Waals surface area (Å²) < 4.78 is 5.46. The zero-order chi connectivity index (χ0) is 13.1. The Kier molecular flexibility index (Phi) is 3.92. The number of hydrogen-bond donors (Lipinski definition) is 1. The molecule has 0 amide bonds. The number of thioether (sulfide) groups is 1. The van der Waals surface area contributed by atoms with E-state index in [0.29, 0.717) is 11.0 Å². The van der Waals surface area contributed by atoms with Gasteiger partial charge in [-0.05, 0) is 18.0 Å². The van der Waals surface area contributed by atoms with Gasteiger partial charge >= 0.3 is 5.97 Å². The highest BCUT2D eigenvalue weighted by molar-refractivity contribution is 7.99. The average molecular weight is 285 g/mol. The first-order valence-electron chi connectivity index (χ1n) is 5.19. The topological polar surface area (TPSA) is 93.8 Å². The van der Waals surface area contributed by atoms with Gasteiger partial charge < -0.3 is 5.11 Å². The highest BCUT2D eigenvalue weighted by atomic mass is 32.2. The Morgan fingerprint density at radius 3 is 3.00 bits per heavy atom. The van der Waals surface area contributed by atoms with Gasteiger partial charge in [0.15, 0.2) is 11.0 Å². The molecule has 0 fully saturated rings. The predicted molar refractivity (Wildman–Crippen MR) is 67.6 cm³/mol. The summed E-state index contributed by atoms with van der Waals surface area (Å²) in [6.45, 7) is 1.99. The molecule has 0 aromatic carbocycles. The summed E-state index contributed by atoms with van der Waals surface area (Å²) in [6.07, 6.45) is 0.766. The Hall–Kier alpha value is -1.48. The van der Waals surface area contributed by atoms with Crippen molar-refractivity contribution in [3.63, 3.8) is 0 Å². The summed E-state index contributed by atoms with van der Waals surface area (Å²) in [4.78, 5) is 15.7. The fourth-order valence-electron chi connectivity index (χ4n) is 1.33. The van der Waals surface area contributed by atoms with Gasteiger partial charge in [-0.25, -0.2) is 4.68 Å². The summed E-state index contributed by atoms with van der Waals surface area (Å²) in [5.41, 5.74) is 0.861. The van der Waals surface area contributed by atoms with Crippen LogP contribution < -0.4 is 0 Å². The van der Waals surface area contributed by atoms with Crippen molar-refractivity contribution in [3.8, 4) is 10.7 Å². The first-order valence-corrected chi connectivity index (χ1v) is 6.95. The van der Waals surface area contributed by atoms with Gasteiger partial charge in [-0.3, -0.25) is 4.79 Å². The molecule has 18 heavy (non-hydrogen) atoms. The zero-order valence-electron chi connectivity index (χ0n) is 9.82. The minimum absolute atomic E-state index is 0.0342. The van der Waals surface area contributed by atoms with E-state index in [1.54, 1.807) is 11.7 Å². The van der Waals surface area contributed by atoms with Crippen molar-refractivity contribution in [1.82, 2.24) is 24.4 Å². The van der Waals surface area contributed by atoms with Crippen molar-refractivity contribution < 1.29 is 9.90 Å². The number of carboxylic acid groups (broad SMARTS) is 1. The van der Waals surface area contributed by atoms with Crippen LogP contribution in [-0.4, -0.2) is 41.2 Å². The van der Waals surface area contributed by atoms with E-state index in [0.717, 1.165) is 28.8 Å². The normalized spacial score (nSPS) is 10.8. The summed E-state index contributed by atoms with van der Waals surface area (Å²) in [5.74, 6) is -0.358. The van der Waals surface area contributed by atoms with Crippen molar-refractivity contribution in [2.45, 2.75) is 18.5 Å². The minimum Gasteiger partial charge on any atom is -0.481 e. The van der Waals surface area contributed by atoms with Gasteiger partial charge in [-0.1, -0.05) is 23.2 Å². The maximum Gasteiger partial charge on any atom is 0.313 e. The number of aromatic nitrogens is 5. The van der Waals surface area contributed by atoms with Gasteiger partial charge in [0.05, 0.1) is 11.4 Å². The van der Waals surface area contributed by atoms with Gasteiger partial charge in [0, 0.05) is 7.05 Å². The summed E-state index contributed by atoms with van der Waals surface area (Å²) in [7, 11) is 1.74. The molecule has 0 saturated carbocycles. The molecule has 2 aromatic heterocycles. The molecule has 9 heteroatoms. The Bertz CT molecular complexity index is 565. The van der Waals surface area contributed by atoms with Crippen LogP contribution in [0.1, 0.15) is 12.6 Å². The van der Waals surface area contributed by atoms with E-state index in [4.69, 9.17) is 5.11 Å². The van der Waals surface area contributed by atoms with Crippen molar-refractivity contribution in [2.24, 2.45) is 7.05 Å². The van der Waals surface area contributed by atoms with Crippen molar-refractivity contribution >= 4 is 29.3 Å². The van der Waals surface area contributed by atoms with Crippen molar-refractivity contribution in [3.05, 3.63) is 5.69 Å². The van der Waals surface area contributed by atoms with Gasteiger partial charge in [0.25, 0.3) is 0 Å². The lowest BCUT2D eigenvalue weighted by Crippen LogP contribution is -2.00. The molecule has 0 bridgehead atoms. The molecule has 0 spiro atoms. The lowest BCUT2D eigenvalue weighted by Gasteiger charge is -1.94. The van der Waals surface area contributed by atoms with Crippen LogP contribution in [0.4, 0.5) is 0 Å². The fraction of sp³-hybridized carbons (Fsp3) is 0.444. The third-order valence-corrected chi connectivity index (χ3v) is 3.91. The molecule has 0 saturated heterocycles. The molecule has 2 rings (SSSR count). The zero-order valence-corrected chi connectivity index (χ0v) is 11.5. The number of aliphatic carboxylic acids is 1. The van der Waals surface area contributed by atoms with Gasteiger partial charge in [-0.15, -0.1) is 10.2 Å². The Morgan fingerprint density at radius 1 is 1.56 bits per heavy atom. The van der Waals surface area contributed by atoms with E-state index < -0.39 is 5.97 Å². The number of carboxylic acids is 1. The van der Waals surface area contributed by atoms with E-state index in [1.165, 1.54) is 11.5 Å². The summed E-state index contributed by atoms with van der Waals surface area (Å²) in [5, 5.41) is 17.5. The van der Waals surface area contributed by atoms with Crippen LogP contribution in [0, 0.1) is 0 Å². The molecular formula is C9H11N5O2S2. The quantitative estimate of drug-likeness (QED) is 0.821. The Morgan fingerprint density at radius 2 is 2.33 bits per heavy atom. The van der Waals surface area contributed by atoms with Gasteiger partial charge in [0.2, 0.25) is 0 Å². The number of nitrogens with zero attached hydrogens (tertiary/aromatic N) is 5.